The van der Waals surface area contributed by atoms with Crippen molar-refractivity contribution >= 4 is 15.9 Å². The van der Waals surface area contributed by atoms with E-state index < -0.39 is 11.9 Å². The molecule has 11 heavy (non-hydrogen) atoms. The first kappa shape index (κ1) is 8.58. The third-order valence-electron chi connectivity index (χ3n) is 1.22. The Labute approximate surface area is 68.9 Å². The largest absolute Gasteiger partial charge is 0.435 e. The van der Waals surface area contributed by atoms with Gasteiger partial charge in [0.05, 0.1) is 0 Å². The monoisotopic (exact) mass is 228 g/mol. The second kappa shape index (κ2) is 2.51. The van der Waals surface area contributed by atoms with Crippen molar-refractivity contribution in [3.05, 3.63) is 15.9 Å². The van der Waals surface area contributed by atoms with Gasteiger partial charge in [-0.1, -0.05) is 0 Å². The molecule has 0 unspecified atom stereocenters. The van der Waals surface area contributed by atoms with Crippen molar-refractivity contribution in [3.8, 4) is 0 Å². The summed E-state index contributed by atoms with van der Waals surface area (Å²) >= 11 is 2.89. The summed E-state index contributed by atoms with van der Waals surface area (Å²) in [5.41, 5.74) is -0.790. The molecule has 0 aliphatic rings. The topological polar surface area (TPSA) is 28.7 Å². The maximum atomic E-state index is 12.0. The van der Waals surface area contributed by atoms with Crippen LogP contribution in [0.3, 0.4) is 0 Å². The number of alkyl halides is 3. The quantitative estimate of drug-likeness (QED) is 0.727. The van der Waals surface area contributed by atoms with E-state index in [4.69, 9.17) is 0 Å². The molecule has 6 heteroatoms. The second-order valence-electron chi connectivity index (χ2n) is 2.01. The molecule has 0 aliphatic heterocycles. The lowest BCUT2D eigenvalue weighted by atomic mass is 10.3. The first-order valence-electron chi connectivity index (χ1n) is 2.70. The number of nitrogens with zero attached hydrogens (tertiary/aromatic N) is 1. The Morgan fingerprint density at radius 1 is 1.45 bits per heavy atom. The van der Waals surface area contributed by atoms with E-state index in [1.165, 1.54) is 6.92 Å². The number of hydrogen-bond donors (Lipinski definition) is 1. The molecule has 2 nitrogen and oxygen atoms in total. The van der Waals surface area contributed by atoms with Crippen LogP contribution in [0.5, 0.6) is 0 Å². The van der Waals surface area contributed by atoms with Gasteiger partial charge < -0.3 is 0 Å². The highest BCUT2D eigenvalue weighted by Gasteiger charge is 2.36. The molecule has 0 fully saturated rings. The summed E-state index contributed by atoms with van der Waals surface area (Å²) in [6.45, 7) is 1.34. The Bertz CT molecular complexity index is 265. The lowest BCUT2D eigenvalue weighted by Gasteiger charge is -2.01. The summed E-state index contributed by atoms with van der Waals surface area (Å²) < 4.78 is 36.1. The maximum absolute atomic E-state index is 12.0. The fourth-order valence-electron chi connectivity index (χ4n) is 0.653. The van der Waals surface area contributed by atoms with Gasteiger partial charge in [0.25, 0.3) is 0 Å². The van der Waals surface area contributed by atoms with Gasteiger partial charge in [-0.3, -0.25) is 5.10 Å². The van der Waals surface area contributed by atoms with E-state index in [0.29, 0.717) is 0 Å². The first-order chi connectivity index (χ1) is 4.93. The van der Waals surface area contributed by atoms with E-state index in [2.05, 4.69) is 26.1 Å². The molecule has 0 atom stereocenters. The van der Waals surface area contributed by atoms with Gasteiger partial charge in [-0.2, -0.15) is 18.3 Å². The molecule has 0 aromatic carbocycles. The Morgan fingerprint density at radius 2 is 2.00 bits per heavy atom. The zero-order valence-electron chi connectivity index (χ0n) is 5.46. The van der Waals surface area contributed by atoms with Gasteiger partial charge in [-0.15, -0.1) is 0 Å². The predicted octanol–water partition coefficient (Wildman–Crippen LogP) is 2.50. The standard InChI is InChI=1S/C5H4BrF3N2/c1-2-3(5(7,8)9)10-11-4(2)6/h1H3,(H,10,11). The van der Waals surface area contributed by atoms with Gasteiger partial charge >= 0.3 is 6.18 Å². The van der Waals surface area contributed by atoms with Crippen molar-refractivity contribution in [2.75, 3.05) is 0 Å². The molecule has 1 rings (SSSR count). The Kier molecular flexibility index (Phi) is 1.96. The second-order valence-corrected chi connectivity index (χ2v) is 2.80. The third kappa shape index (κ3) is 1.55. The van der Waals surface area contributed by atoms with Crippen molar-refractivity contribution in [2.24, 2.45) is 0 Å². The van der Waals surface area contributed by atoms with Crippen molar-refractivity contribution < 1.29 is 13.2 Å². The summed E-state index contributed by atoms with van der Waals surface area (Å²) in [6, 6.07) is 0. The molecular formula is C5H4BrF3N2. The molecule has 1 N–H and O–H groups in total. The minimum absolute atomic E-state index is 0.0810. The van der Waals surface area contributed by atoms with Crippen LogP contribution in [0.25, 0.3) is 0 Å². The lowest BCUT2D eigenvalue weighted by molar-refractivity contribution is -0.141. The zero-order chi connectivity index (χ0) is 8.65. The third-order valence-corrected chi connectivity index (χ3v) is 1.99. The van der Waals surface area contributed by atoms with E-state index in [0.717, 1.165) is 0 Å². The average molecular weight is 229 g/mol. The SMILES string of the molecule is Cc1c(C(F)(F)F)n[nH]c1Br. The molecule has 0 aliphatic carbocycles. The minimum Gasteiger partial charge on any atom is -0.271 e. The average Bonchev–Trinajstić information content (AvgIpc) is 2.11. The molecular weight excluding hydrogens is 225 g/mol. The molecule has 62 valence electrons. The van der Waals surface area contributed by atoms with E-state index in [1.807, 2.05) is 0 Å². The number of rotatable bonds is 0. The van der Waals surface area contributed by atoms with Crippen LogP contribution in [-0.4, -0.2) is 10.2 Å². The molecule has 1 aromatic heterocycles. The Morgan fingerprint density at radius 3 is 2.18 bits per heavy atom. The maximum Gasteiger partial charge on any atom is 0.435 e. The van der Waals surface area contributed by atoms with Crippen molar-refractivity contribution in [3.63, 3.8) is 0 Å². The molecule has 0 bridgehead atoms. The van der Waals surface area contributed by atoms with Crippen molar-refractivity contribution in [1.82, 2.24) is 10.2 Å². The van der Waals surface area contributed by atoms with E-state index in [9.17, 15) is 13.2 Å². The lowest BCUT2D eigenvalue weighted by Crippen LogP contribution is -2.07. The van der Waals surface area contributed by atoms with Crippen LogP contribution in [0.15, 0.2) is 4.60 Å². The molecule has 1 heterocycles. The Hall–Kier alpha value is -0.520. The molecule has 0 radical (unpaired) electrons. The highest BCUT2D eigenvalue weighted by Crippen LogP contribution is 2.32. The molecule has 1 aromatic rings. The smallest absolute Gasteiger partial charge is 0.271 e. The number of aromatic amines is 1. The highest BCUT2D eigenvalue weighted by atomic mass is 79.9. The minimum atomic E-state index is -4.37. The number of halogens is 4. The summed E-state index contributed by atoms with van der Waals surface area (Å²) in [6.07, 6.45) is -4.37. The summed E-state index contributed by atoms with van der Waals surface area (Å²) in [4.78, 5) is 0. The summed E-state index contributed by atoms with van der Waals surface area (Å²) in [5.74, 6) is 0. The zero-order valence-corrected chi connectivity index (χ0v) is 7.05. The summed E-state index contributed by atoms with van der Waals surface area (Å²) in [5, 5.41) is 5.28. The number of H-pyrrole nitrogens is 1. The fourth-order valence-corrected chi connectivity index (χ4v) is 0.929. The van der Waals surface area contributed by atoms with Crippen LogP contribution in [-0.2, 0) is 6.18 Å². The van der Waals surface area contributed by atoms with Crippen LogP contribution < -0.4 is 0 Å². The fraction of sp³-hybridized carbons (Fsp3) is 0.400. The Balaban J connectivity index is 3.15. The highest BCUT2D eigenvalue weighted by molar-refractivity contribution is 9.10. The van der Waals surface area contributed by atoms with Gasteiger partial charge in [0.2, 0.25) is 0 Å². The van der Waals surface area contributed by atoms with Crippen LogP contribution in [0.1, 0.15) is 11.3 Å². The van der Waals surface area contributed by atoms with Crippen LogP contribution in [0, 0.1) is 6.92 Å². The number of hydrogen-bond acceptors (Lipinski definition) is 1. The van der Waals surface area contributed by atoms with E-state index in [1.54, 1.807) is 0 Å². The van der Waals surface area contributed by atoms with E-state index >= 15 is 0 Å². The van der Waals surface area contributed by atoms with Crippen LogP contribution in [0.2, 0.25) is 0 Å². The van der Waals surface area contributed by atoms with Crippen molar-refractivity contribution in [2.45, 2.75) is 13.1 Å². The number of nitrogens with one attached hydrogen (secondary N) is 1. The van der Waals surface area contributed by atoms with Gasteiger partial charge in [0.15, 0.2) is 5.69 Å². The van der Waals surface area contributed by atoms with Gasteiger partial charge in [-0.05, 0) is 22.9 Å². The van der Waals surface area contributed by atoms with Gasteiger partial charge in [-0.25, -0.2) is 0 Å². The molecule has 0 saturated heterocycles. The van der Waals surface area contributed by atoms with Gasteiger partial charge in [0, 0.05) is 5.56 Å². The first-order valence-corrected chi connectivity index (χ1v) is 3.50. The van der Waals surface area contributed by atoms with Crippen LogP contribution >= 0.6 is 15.9 Å². The molecule has 0 saturated carbocycles. The summed E-state index contributed by atoms with van der Waals surface area (Å²) in [7, 11) is 0. The normalized spacial score (nSPS) is 12.1. The van der Waals surface area contributed by atoms with Crippen molar-refractivity contribution in [1.29, 1.82) is 0 Å². The molecule has 0 spiro atoms. The van der Waals surface area contributed by atoms with Gasteiger partial charge in [0.1, 0.15) is 4.60 Å². The molecule has 0 amide bonds. The predicted molar refractivity (Wildman–Crippen MR) is 36.0 cm³/mol. The van der Waals surface area contributed by atoms with Crippen LogP contribution in [0.4, 0.5) is 13.2 Å². The number of aromatic nitrogens is 2. The van der Waals surface area contributed by atoms with E-state index in [-0.39, 0.29) is 10.2 Å².